The van der Waals surface area contributed by atoms with Gasteiger partial charge in [-0.15, -0.1) is 5.10 Å². The summed E-state index contributed by atoms with van der Waals surface area (Å²) in [6, 6.07) is 12.3. The highest BCUT2D eigenvalue weighted by atomic mass is 35.5. The van der Waals surface area contributed by atoms with Crippen molar-refractivity contribution in [2.75, 3.05) is 23.3 Å². The van der Waals surface area contributed by atoms with Crippen molar-refractivity contribution in [3.63, 3.8) is 0 Å². The number of hydrogen-bond acceptors (Lipinski definition) is 5. The van der Waals surface area contributed by atoms with Crippen LogP contribution in [-0.2, 0) is 7.05 Å². The molecule has 6 nitrogen and oxygen atoms in total. The van der Waals surface area contributed by atoms with Crippen molar-refractivity contribution in [3.05, 3.63) is 69.5 Å². The molecule has 2 aromatic carbocycles. The van der Waals surface area contributed by atoms with E-state index in [-0.39, 0.29) is 11.9 Å². The molecule has 0 aliphatic carbocycles. The minimum Gasteiger partial charge on any atom is -0.378 e. The summed E-state index contributed by atoms with van der Waals surface area (Å²) in [5.41, 5.74) is 3.38. The molecule has 1 N–H and O–H groups in total. The third-order valence-corrected chi connectivity index (χ3v) is 5.85. The average Bonchev–Trinajstić information content (AvgIpc) is 3.15. The number of aryl methyl sites for hydroxylation is 1. The lowest BCUT2D eigenvalue weighted by Crippen LogP contribution is -2.31. The van der Waals surface area contributed by atoms with Crippen LogP contribution in [0.3, 0.4) is 0 Å². The second kappa shape index (κ2) is 8.62. The summed E-state index contributed by atoms with van der Waals surface area (Å²) in [6.45, 7) is 3.23. The van der Waals surface area contributed by atoms with Crippen molar-refractivity contribution in [3.8, 4) is 0 Å². The van der Waals surface area contributed by atoms with E-state index in [9.17, 15) is 4.39 Å². The molecular formula is C21H21Cl2FN6. The van der Waals surface area contributed by atoms with Crippen LogP contribution in [0.2, 0.25) is 5.02 Å². The molecule has 30 heavy (non-hydrogen) atoms. The van der Waals surface area contributed by atoms with Crippen LogP contribution >= 0.6 is 23.2 Å². The third kappa shape index (κ3) is 4.27. The first-order valence-corrected chi connectivity index (χ1v) is 10.4. The summed E-state index contributed by atoms with van der Waals surface area (Å²) in [7, 11) is 1.74. The van der Waals surface area contributed by atoms with Gasteiger partial charge in [0.1, 0.15) is 5.82 Å². The lowest BCUT2D eigenvalue weighted by molar-refractivity contribution is 0.600. The molecule has 1 aliphatic heterocycles. The maximum atomic E-state index is 14.2. The van der Waals surface area contributed by atoms with Crippen molar-refractivity contribution in [1.82, 2.24) is 20.2 Å². The minimum atomic E-state index is -0.323. The summed E-state index contributed by atoms with van der Waals surface area (Å²) in [4.78, 5) is 3.50. The third-order valence-electron chi connectivity index (χ3n) is 5.11. The van der Waals surface area contributed by atoms with Crippen LogP contribution < -0.4 is 10.2 Å². The van der Waals surface area contributed by atoms with Gasteiger partial charge in [-0.2, -0.15) is 4.80 Å². The second-order valence-corrected chi connectivity index (χ2v) is 8.08. The molecule has 1 atom stereocenters. The van der Waals surface area contributed by atoms with Crippen LogP contribution in [0.1, 0.15) is 30.5 Å². The van der Waals surface area contributed by atoms with Crippen molar-refractivity contribution in [1.29, 1.82) is 0 Å². The van der Waals surface area contributed by atoms with Crippen LogP contribution in [0.25, 0.3) is 5.57 Å². The lowest BCUT2D eigenvalue weighted by Gasteiger charge is -2.28. The van der Waals surface area contributed by atoms with Gasteiger partial charge in [0.05, 0.1) is 13.1 Å². The van der Waals surface area contributed by atoms with Gasteiger partial charge >= 0.3 is 0 Å². The summed E-state index contributed by atoms with van der Waals surface area (Å²) < 4.78 is 14.2. The molecule has 0 saturated heterocycles. The molecule has 156 valence electrons. The summed E-state index contributed by atoms with van der Waals surface area (Å²) in [6.07, 6.45) is 0.720. The van der Waals surface area contributed by atoms with E-state index >= 15 is 0 Å². The van der Waals surface area contributed by atoms with E-state index in [1.165, 1.54) is 10.9 Å². The molecule has 0 fully saturated rings. The quantitative estimate of drug-likeness (QED) is 0.594. The molecule has 0 saturated carbocycles. The summed E-state index contributed by atoms with van der Waals surface area (Å²) >= 11 is 12.7. The molecule has 0 amide bonds. The number of tetrazole rings is 1. The van der Waals surface area contributed by atoms with Crippen molar-refractivity contribution < 1.29 is 4.39 Å². The highest BCUT2D eigenvalue weighted by Crippen LogP contribution is 2.32. The Labute approximate surface area is 184 Å². The Morgan fingerprint density at radius 2 is 1.90 bits per heavy atom. The topological polar surface area (TPSA) is 58.9 Å². The van der Waals surface area contributed by atoms with E-state index in [4.69, 9.17) is 23.2 Å². The number of anilines is 2. The first-order chi connectivity index (χ1) is 14.4. The number of nitrogens with one attached hydrogen (secondary N) is 1. The van der Waals surface area contributed by atoms with E-state index in [0.29, 0.717) is 23.1 Å². The van der Waals surface area contributed by atoms with Gasteiger partial charge in [-0.3, -0.25) is 0 Å². The molecule has 9 heteroatoms. The van der Waals surface area contributed by atoms with Crippen molar-refractivity contribution >= 4 is 40.4 Å². The van der Waals surface area contributed by atoms with E-state index in [0.717, 1.165) is 34.8 Å². The molecule has 0 spiro atoms. The Balaban J connectivity index is 1.50. The number of nitrogens with zero attached hydrogens (tertiary/aromatic N) is 5. The minimum absolute atomic E-state index is 0.278. The summed E-state index contributed by atoms with van der Waals surface area (Å²) in [5, 5.41) is 16.8. The predicted molar refractivity (Wildman–Crippen MR) is 118 cm³/mol. The van der Waals surface area contributed by atoms with Gasteiger partial charge in [-0.25, -0.2) is 4.39 Å². The van der Waals surface area contributed by atoms with Crippen LogP contribution in [0.15, 0.2) is 47.5 Å². The number of benzene rings is 2. The predicted octanol–water partition coefficient (Wildman–Crippen LogP) is 5.04. The molecule has 1 aromatic heterocycles. The van der Waals surface area contributed by atoms with Gasteiger partial charge in [0.25, 0.3) is 5.95 Å². The van der Waals surface area contributed by atoms with Gasteiger partial charge in [-0.05, 0) is 47.5 Å². The fraction of sp³-hybridized carbons (Fsp3) is 0.286. The number of halogens is 3. The molecule has 1 unspecified atom stereocenters. The highest BCUT2D eigenvalue weighted by Gasteiger charge is 2.22. The van der Waals surface area contributed by atoms with Gasteiger partial charge in [0, 0.05) is 40.8 Å². The average molecular weight is 447 g/mol. The lowest BCUT2D eigenvalue weighted by atomic mass is 10.0. The highest BCUT2D eigenvalue weighted by molar-refractivity contribution is 6.33. The van der Waals surface area contributed by atoms with Crippen LogP contribution in [0.4, 0.5) is 16.0 Å². The number of rotatable bonds is 5. The van der Waals surface area contributed by atoms with E-state index in [1.54, 1.807) is 19.2 Å². The number of aromatic nitrogens is 4. The Morgan fingerprint density at radius 3 is 2.57 bits per heavy atom. The SMILES string of the molecule is CC(Nc1ccc(C2=C(Cl)CCN(c3nnn(C)n3)C2)cc1)c1c(F)cccc1Cl. The van der Waals surface area contributed by atoms with Gasteiger partial charge in [-0.1, -0.05) is 46.5 Å². The van der Waals surface area contributed by atoms with Crippen LogP contribution in [-0.4, -0.2) is 33.3 Å². The van der Waals surface area contributed by atoms with Crippen molar-refractivity contribution in [2.45, 2.75) is 19.4 Å². The standard InChI is InChI=1S/C21H21Cl2FN6/c1-13(20-18(23)4-3-5-19(20)24)25-15-8-6-14(7-9-15)16-12-30(11-10-17(16)22)21-26-28-29(2)27-21/h3-9,13,25H,10-12H2,1-2H3. The molecule has 2 heterocycles. The molecule has 3 aromatic rings. The van der Waals surface area contributed by atoms with Gasteiger partial charge in [0.2, 0.25) is 0 Å². The number of hydrogen-bond donors (Lipinski definition) is 1. The van der Waals surface area contributed by atoms with Gasteiger partial charge in [0.15, 0.2) is 0 Å². The Morgan fingerprint density at radius 1 is 1.13 bits per heavy atom. The van der Waals surface area contributed by atoms with E-state index < -0.39 is 0 Å². The zero-order valence-electron chi connectivity index (χ0n) is 16.6. The smallest absolute Gasteiger partial charge is 0.266 e. The Kier molecular flexibility index (Phi) is 5.92. The molecule has 0 radical (unpaired) electrons. The summed E-state index contributed by atoms with van der Waals surface area (Å²) in [5.74, 6) is 0.268. The fourth-order valence-corrected chi connectivity index (χ4v) is 4.15. The van der Waals surface area contributed by atoms with Crippen LogP contribution in [0, 0.1) is 5.82 Å². The Hall–Kier alpha value is -2.64. The normalized spacial score (nSPS) is 15.4. The molecule has 1 aliphatic rings. The van der Waals surface area contributed by atoms with Crippen molar-refractivity contribution in [2.24, 2.45) is 7.05 Å². The monoisotopic (exact) mass is 446 g/mol. The first kappa shape index (κ1) is 20.6. The van der Waals surface area contributed by atoms with E-state index in [2.05, 4.69) is 25.6 Å². The molecule has 0 bridgehead atoms. The fourth-order valence-electron chi connectivity index (χ4n) is 3.57. The van der Waals surface area contributed by atoms with Crippen LogP contribution in [0.5, 0.6) is 0 Å². The second-order valence-electron chi connectivity index (χ2n) is 7.21. The largest absolute Gasteiger partial charge is 0.378 e. The Bertz CT molecular complexity index is 1060. The van der Waals surface area contributed by atoms with E-state index in [1.807, 2.05) is 31.2 Å². The first-order valence-electron chi connectivity index (χ1n) is 9.59. The zero-order valence-corrected chi connectivity index (χ0v) is 18.1. The maximum Gasteiger partial charge on any atom is 0.266 e. The molecular weight excluding hydrogens is 426 g/mol. The maximum absolute atomic E-state index is 14.2. The molecule has 4 rings (SSSR count). The zero-order chi connectivity index (χ0) is 21.3. The van der Waals surface area contributed by atoms with Gasteiger partial charge < -0.3 is 10.2 Å².